The Hall–Kier alpha value is -1.30. The highest BCUT2D eigenvalue weighted by Crippen LogP contribution is 2.31. The summed E-state index contributed by atoms with van der Waals surface area (Å²) in [6, 6.07) is -0.181. The molecule has 0 spiro atoms. The van der Waals surface area contributed by atoms with E-state index in [0.29, 0.717) is 25.9 Å². The molecule has 2 rings (SSSR count). The second-order valence-corrected chi connectivity index (χ2v) is 6.67. The van der Waals surface area contributed by atoms with Crippen molar-refractivity contribution in [3.63, 3.8) is 0 Å². The lowest BCUT2D eigenvalue weighted by molar-refractivity contribution is -0.143. The fourth-order valence-corrected chi connectivity index (χ4v) is 3.60. The van der Waals surface area contributed by atoms with Gasteiger partial charge in [-0.25, -0.2) is 4.79 Å². The van der Waals surface area contributed by atoms with Crippen molar-refractivity contribution >= 4 is 12.0 Å². The van der Waals surface area contributed by atoms with E-state index < -0.39 is 11.6 Å². The van der Waals surface area contributed by atoms with Crippen LogP contribution in [-0.4, -0.2) is 63.8 Å². The van der Waals surface area contributed by atoms with Crippen molar-refractivity contribution in [2.75, 3.05) is 20.1 Å². The zero-order valence-corrected chi connectivity index (χ0v) is 12.9. The topological polar surface area (TPSA) is 81.1 Å². The van der Waals surface area contributed by atoms with Crippen LogP contribution in [0, 0.1) is 5.92 Å². The minimum absolute atomic E-state index is 0.0759. The van der Waals surface area contributed by atoms with Crippen LogP contribution in [0.15, 0.2) is 0 Å². The quantitative estimate of drug-likeness (QED) is 0.828. The minimum atomic E-state index is -0.775. The van der Waals surface area contributed by atoms with Gasteiger partial charge in [0.15, 0.2) is 0 Å². The molecule has 2 fully saturated rings. The van der Waals surface area contributed by atoms with Gasteiger partial charge in [0, 0.05) is 19.6 Å². The molecule has 1 aliphatic carbocycles. The number of likely N-dealkylation sites (N-methyl/N-ethyl adjacent to an activating group) is 1. The molecule has 6 heteroatoms. The van der Waals surface area contributed by atoms with E-state index >= 15 is 0 Å². The van der Waals surface area contributed by atoms with Crippen LogP contribution in [0.25, 0.3) is 0 Å². The van der Waals surface area contributed by atoms with Crippen LogP contribution in [0.5, 0.6) is 0 Å². The van der Waals surface area contributed by atoms with Crippen LogP contribution in [0.3, 0.4) is 0 Å². The van der Waals surface area contributed by atoms with Gasteiger partial charge < -0.3 is 20.0 Å². The molecule has 0 aromatic heterocycles. The number of carbonyl (C=O) groups excluding carboxylic acids is 1. The second-order valence-electron chi connectivity index (χ2n) is 6.67. The number of urea groups is 1. The number of aliphatic hydroxyl groups is 1. The number of carbonyl (C=O) groups is 2. The minimum Gasteiger partial charge on any atom is -0.481 e. The third-order valence-corrected chi connectivity index (χ3v) is 4.86. The Kier molecular flexibility index (Phi) is 4.76. The Labute approximate surface area is 125 Å². The van der Waals surface area contributed by atoms with Crippen molar-refractivity contribution in [2.45, 2.75) is 57.1 Å². The van der Waals surface area contributed by atoms with Gasteiger partial charge in [-0.05, 0) is 32.6 Å². The predicted molar refractivity (Wildman–Crippen MR) is 78.0 cm³/mol. The Bertz CT molecular complexity index is 406. The highest BCUT2D eigenvalue weighted by Gasteiger charge is 2.37. The molecule has 120 valence electrons. The highest BCUT2D eigenvalue weighted by atomic mass is 16.4. The maximum absolute atomic E-state index is 12.5. The molecule has 2 amide bonds. The van der Waals surface area contributed by atoms with Gasteiger partial charge in [-0.2, -0.15) is 0 Å². The van der Waals surface area contributed by atoms with Crippen LogP contribution >= 0.6 is 0 Å². The first-order valence-corrected chi connectivity index (χ1v) is 7.79. The first-order valence-electron chi connectivity index (χ1n) is 7.79. The maximum atomic E-state index is 12.5. The standard InChI is InChI=1S/C15H26N2O4/c1-11-9-12(13(18)19)5-8-17(11)14(20)16(2)10-15(21)6-3-4-7-15/h11-12,21H,3-10H2,1-2H3,(H,18,19). The molecule has 21 heavy (non-hydrogen) atoms. The van der Waals surface area contributed by atoms with Crippen molar-refractivity contribution in [1.82, 2.24) is 9.80 Å². The summed E-state index contributed by atoms with van der Waals surface area (Å²) in [7, 11) is 1.72. The van der Waals surface area contributed by atoms with Gasteiger partial charge >= 0.3 is 12.0 Å². The lowest BCUT2D eigenvalue weighted by atomic mass is 9.92. The van der Waals surface area contributed by atoms with Gasteiger partial charge in [0.25, 0.3) is 0 Å². The molecular formula is C15H26N2O4. The summed E-state index contributed by atoms with van der Waals surface area (Å²) in [6.07, 6.45) is 4.53. The number of amides is 2. The molecule has 2 unspecified atom stereocenters. The summed E-state index contributed by atoms with van der Waals surface area (Å²) < 4.78 is 0. The SMILES string of the molecule is CC1CC(C(=O)O)CCN1C(=O)N(C)CC1(O)CCCC1. The average Bonchev–Trinajstić information content (AvgIpc) is 2.84. The molecule has 2 atom stereocenters. The van der Waals surface area contributed by atoms with Gasteiger partial charge in [-0.3, -0.25) is 4.79 Å². The summed E-state index contributed by atoms with van der Waals surface area (Å²) >= 11 is 0. The Morgan fingerprint density at radius 3 is 2.48 bits per heavy atom. The zero-order chi connectivity index (χ0) is 15.6. The van der Waals surface area contributed by atoms with Crippen LogP contribution in [0.2, 0.25) is 0 Å². The number of rotatable bonds is 3. The molecule has 0 aromatic carbocycles. The number of aliphatic carboxylic acids is 1. The van der Waals surface area contributed by atoms with Gasteiger partial charge in [-0.15, -0.1) is 0 Å². The predicted octanol–water partition coefficient (Wildman–Crippen LogP) is 1.53. The van der Waals surface area contributed by atoms with E-state index in [2.05, 4.69) is 0 Å². The molecule has 2 aliphatic rings. The lowest BCUT2D eigenvalue weighted by Gasteiger charge is -2.39. The number of carboxylic acids is 1. The van der Waals surface area contributed by atoms with E-state index in [1.165, 1.54) is 0 Å². The van der Waals surface area contributed by atoms with Crippen LogP contribution < -0.4 is 0 Å². The Morgan fingerprint density at radius 1 is 1.33 bits per heavy atom. The molecule has 0 aromatic rings. The second kappa shape index (κ2) is 6.22. The maximum Gasteiger partial charge on any atom is 0.320 e. The zero-order valence-electron chi connectivity index (χ0n) is 12.9. The number of hydrogen-bond donors (Lipinski definition) is 2. The summed E-state index contributed by atoms with van der Waals surface area (Å²) in [6.45, 7) is 2.72. The molecule has 1 saturated carbocycles. The van der Waals surface area contributed by atoms with Crippen molar-refractivity contribution in [2.24, 2.45) is 5.92 Å². The van der Waals surface area contributed by atoms with E-state index in [-0.39, 0.29) is 18.0 Å². The summed E-state index contributed by atoms with van der Waals surface area (Å²) in [5.74, 6) is -1.13. The number of carboxylic acid groups (broad SMARTS) is 1. The first-order chi connectivity index (χ1) is 9.82. The summed E-state index contributed by atoms with van der Waals surface area (Å²) in [5.41, 5.74) is -0.743. The summed E-state index contributed by atoms with van der Waals surface area (Å²) in [4.78, 5) is 26.9. The molecule has 0 radical (unpaired) electrons. The number of hydrogen-bond acceptors (Lipinski definition) is 3. The van der Waals surface area contributed by atoms with Crippen molar-refractivity contribution in [1.29, 1.82) is 0 Å². The fraction of sp³-hybridized carbons (Fsp3) is 0.867. The van der Waals surface area contributed by atoms with Gasteiger partial charge in [0.2, 0.25) is 0 Å². The molecule has 0 bridgehead atoms. The Balaban J connectivity index is 1.92. The van der Waals surface area contributed by atoms with Gasteiger partial charge in [0.1, 0.15) is 0 Å². The first kappa shape index (κ1) is 16.1. The van der Waals surface area contributed by atoms with E-state index in [1.807, 2.05) is 6.92 Å². The number of nitrogens with zero attached hydrogens (tertiary/aromatic N) is 2. The molecule has 1 aliphatic heterocycles. The van der Waals surface area contributed by atoms with Crippen LogP contribution in [0.4, 0.5) is 4.79 Å². The largest absolute Gasteiger partial charge is 0.481 e. The number of likely N-dealkylation sites (tertiary alicyclic amines) is 1. The average molecular weight is 298 g/mol. The third-order valence-electron chi connectivity index (χ3n) is 4.86. The lowest BCUT2D eigenvalue weighted by Crippen LogP contribution is -2.53. The van der Waals surface area contributed by atoms with Gasteiger partial charge in [0.05, 0.1) is 18.1 Å². The molecule has 1 heterocycles. The van der Waals surface area contributed by atoms with Crippen LogP contribution in [-0.2, 0) is 4.79 Å². The van der Waals surface area contributed by atoms with E-state index in [1.54, 1.807) is 16.8 Å². The third kappa shape index (κ3) is 3.67. The normalized spacial score (nSPS) is 28.4. The monoisotopic (exact) mass is 298 g/mol. The fourth-order valence-electron chi connectivity index (χ4n) is 3.60. The highest BCUT2D eigenvalue weighted by molar-refractivity contribution is 5.76. The van der Waals surface area contributed by atoms with Crippen molar-refractivity contribution in [3.05, 3.63) is 0 Å². The van der Waals surface area contributed by atoms with Crippen molar-refractivity contribution in [3.8, 4) is 0 Å². The number of piperidine rings is 1. The Morgan fingerprint density at radius 2 is 1.95 bits per heavy atom. The van der Waals surface area contributed by atoms with E-state index in [9.17, 15) is 14.7 Å². The van der Waals surface area contributed by atoms with Gasteiger partial charge in [-0.1, -0.05) is 12.8 Å². The van der Waals surface area contributed by atoms with E-state index in [4.69, 9.17) is 5.11 Å². The van der Waals surface area contributed by atoms with Crippen molar-refractivity contribution < 1.29 is 19.8 Å². The summed E-state index contributed by atoms with van der Waals surface area (Å²) in [5, 5.41) is 19.5. The smallest absolute Gasteiger partial charge is 0.320 e. The van der Waals surface area contributed by atoms with E-state index in [0.717, 1.165) is 25.7 Å². The molecule has 6 nitrogen and oxygen atoms in total. The molecule has 1 saturated heterocycles. The molecule has 2 N–H and O–H groups in total. The van der Waals surface area contributed by atoms with Crippen LogP contribution in [0.1, 0.15) is 45.4 Å². The molecular weight excluding hydrogens is 272 g/mol.